The van der Waals surface area contributed by atoms with Crippen molar-refractivity contribution in [1.29, 1.82) is 0 Å². The van der Waals surface area contributed by atoms with Crippen LogP contribution in [-0.2, 0) is 0 Å². The first-order valence-corrected chi connectivity index (χ1v) is 11.8. The maximum Gasteiger partial charge on any atom is 0.240 e. The highest BCUT2D eigenvalue weighted by molar-refractivity contribution is 7.17. The van der Waals surface area contributed by atoms with Gasteiger partial charge in [0, 0.05) is 52.1 Å². The molecular weight excluding hydrogens is 438 g/mol. The number of anilines is 1. The smallest absolute Gasteiger partial charge is 0.240 e. The Morgan fingerprint density at radius 2 is 2.00 bits per heavy atom. The van der Waals surface area contributed by atoms with Crippen molar-refractivity contribution in [2.75, 3.05) is 12.8 Å². The fourth-order valence-corrected chi connectivity index (χ4v) is 5.60. The molecule has 3 N–H and O–H groups in total. The van der Waals surface area contributed by atoms with E-state index < -0.39 is 0 Å². The summed E-state index contributed by atoms with van der Waals surface area (Å²) in [6.45, 7) is 0. The Labute approximate surface area is 193 Å². The summed E-state index contributed by atoms with van der Waals surface area (Å²) in [5.41, 5.74) is 9.45. The molecule has 9 heteroatoms. The molecule has 0 saturated heterocycles. The van der Waals surface area contributed by atoms with Gasteiger partial charge in [0.15, 0.2) is 11.4 Å². The van der Waals surface area contributed by atoms with Crippen molar-refractivity contribution in [3.05, 3.63) is 42.3 Å². The predicted molar refractivity (Wildman–Crippen MR) is 128 cm³/mol. The van der Waals surface area contributed by atoms with Crippen LogP contribution in [0.5, 0.6) is 5.88 Å². The monoisotopic (exact) mass is 461 g/mol. The summed E-state index contributed by atoms with van der Waals surface area (Å²) in [4.78, 5) is 8.61. The number of aliphatic hydroxyl groups is 1. The van der Waals surface area contributed by atoms with Crippen LogP contribution in [0.2, 0.25) is 0 Å². The van der Waals surface area contributed by atoms with Gasteiger partial charge in [0.25, 0.3) is 0 Å². The minimum atomic E-state index is -0.215. The summed E-state index contributed by atoms with van der Waals surface area (Å²) in [5, 5.41) is 18.6. The van der Waals surface area contributed by atoms with E-state index >= 15 is 0 Å². The number of hydrogen-bond donors (Lipinski definition) is 2. The molecule has 0 unspecified atom stereocenters. The molecule has 8 nitrogen and oxygen atoms in total. The van der Waals surface area contributed by atoms with E-state index in [0.29, 0.717) is 17.3 Å². The van der Waals surface area contributed by atoms with Crippen LogP contribution in [0.4, 0.5) is 5.82 Å². The molecule has 1 fully saturated rings. The molecule has 168 valence electrons. The van der Waals surface area contributed by atoms with E-state index in [0.717, 1.165) is 63.6 Å². The lowest BCUT2D eigenvalue weighted by atomic mass is 9.93. The number of thiophene rings is 1. The average Bonchev–Trinajstić information content (AvgIpc) is 3.56. The number of pyridine rings is 2. The van der Waals surface area contributed by atoms with Crippen molar-refractivity contribution in [3.8, 4) is 28.3 Å². The Balaban J connectivity index is 1.48. The van der Waals surface area contributed by atoms with Gasteiger partial charge in [-0.2, -0.15) is 0 Å². The number of hydrogen-bond acceptors (Lipinski definition) is 8. The van der Waals surface area contributed by atoms with E-state index in [-0.39, 0.29) is 12.1 Å². The second-order valence-electron chi connectivity index (χ2n) is 8.43. The maximum atomic E-state index is 9.86. The van der Waals surface area contributed by atoms with Crippen LogP contribution < -0.4 is 10.5 Å². The summed E-state index contributed by atoms with van der Waals surface area (Å²) >= 11 is 1.63. The number of ether oxygens (including phenoxy) is 1. The molecule has 6 rings (SSSR count). The molecule has 5 aromatic heterocycles. The Morgan fingerprint density at radius 1 is 1.15 bits per heavy atom. The van der Waals surface area contributed by atoms with Gasteiger partial charge >= 0.3 is 0 Å². The SMILES string of the molecule is COc1nn([C@H]2CC[C@@H](O)CC2)cc1-c1cnc(N)c2oc(-c3csc4cnccc34)cc12. The Bertz CT molecular complexity index is 1460. The minimum absolute atomic E-state index is 0.215. The summed E-state index contributed by atoms with van der Waals surface area (Å²) in [7, 11) is 1.62. The van der Waals surface area contributed by atoms with Crippen LogP contribution in [0.3, 0.4) is 0 Å². The fraction of sp³-hybridized carbons (Fsp3) is 0.292. The molecule has 0 amide bonds. The van der Waals surface area contributed by atoms with Crippen molar-refractivity contribution in [1.82, 2.24) is 19.7 Å². The third-order valence-corrected chi connectivity index (χ3v) is 7.39. The van der Waals surface area contributed by atoms with Crippen molar-refractivity contribution in [2.45, 2.75) is 37.8 Å². The standard InChI is InChI=1S/C24H23N5O3S/c1-31-24-18(11-29(28-24)13-2-4-14(30)5-3-13)17-9-27-23(25)22-16(17)8-20(32-22)19-12-33-21-10-26-7-6-15(19)21/h6-14,30H,2-5H2,1H3,(H2,25,27)/t13-,14+. The highest BCUT2D eigenvalue weighted by Gasteiger charge is 2.25. The van der Waals surface area contributed by atoms with Gasteiger partial charge in [-0.15, -0.1) is 16.4 Å². The number of fused-ring (bicyclic) bond motifs is 2. The van der Waals surface area contributed by atoms with Gasteiger partial charge < -0.3 is 20.0 Å². The summed E-state index contributed by atoms with van der Waals surface area (Å²) < 4.78 is 14.9. The van der Waals surface area contributed by atoms with Gasteiger partial charge in [0.1, 0.15) is 5.76 Å². The number of aliphatic hydroxyl groups excluding tert-OH is 1. The second-order valence-corrected chi connectivity index (χ2v) is 9.34. The van der Waals surface area contributed by atoms with Crippen LogP contribution in [0.1, 0.15) is 31.7 Å². The molecule has 0 radical (unpaired) electrons. The van der Waals surface area contributed by atoms with E-state index in [9.17, 15) is 5.11 Å². The minimum Gasteiger partial charge on any atom is -0.479 e. The van der Waals surface area contributed by atoms with Crippen LogP contribution in [0.15, 0.2) is 46.7 Å². The lowest BCUT2D eigenvalue weighted by molar-refractivity contribution is 0.107. The van der Waals surface area contributed by atoms with E-state index in [1.807, 2.05) is 29.2 Å². The molecule has 5 heterocycles. The van der Waals surface area contributed by atoms with Gasteiger partial charge in [-0.1, -0.05) is 0 Å². The van der Waals surface area contributed by atoms with Gasteiger partial charge in [0.2, 0.25) is 5.88 Å². The second kappa shape index (κ2) is 7.86. The van der Waals surface area contributed by atoms with E-state index in [1.54, 1.807) is 30.8 Å². The van der Waals surface area contributed by atoms with Crippen LogP contribution in [0, 0.1) is 0 Å². The zero-order chi connectivity index (χ0) is 22.5. The summed E-state index contributed by atoms with van der Waals surface area (Å²) in [6.07, 6.45) is 10.5. The van der Waals surface area contributed by atoms with Crippen molar-refractivity contribution in [3.63, 3.8) is 0 Å². The molecule has 0 aliphatic heterocycles. The molecule has 1 saturated carbocycles. The number of methoxy groups -OCH3 is 1. The van der Waals surface area contributed by atoms with E-state index in [1.165, 1.54) is 0 Å². The number of rotatable bonds is 4. The molecule has 5 aromatic rings. The first kappa shape index (κ1) is 20.2. The van der Waals surface area contributed by atoms with Gasteiger partial charge in [-0.3, -0.25) is 9.67 Å². The van der Waals surface area contributed by atoms with Gasteiger partial charge in [0.05, 0.1) is 29.5 Å². The Morgan fingerprint density at radius 3 is 2.82 bits per heavy atom. The van der Waals surface area contributed by atoms with E-state index in [4.69, 9.17) is 20.0 Å². The van der Waals surface area contributed by atoms with Crippen LogP contribution in [0.25, 0.3) is 43.5 Å². The molecule has 0 aromatic carbocycles. The highest BCUT2D eigenvalue weighted by Crippen LogP contribution is 2.42. The predicted octanol–water partition coefficient (Wildman–Crippen LogP) is 5.03. The van der Waals surface area contributed by atoms with Crippen LogP contribution in [-0.4, -0.2) is 38.1 Å². The lowest BCUT2D eigenvalue weighted by Crippen LogP contribution is -2.21. The molecule has 0 bridgehead atoms. The van der Waals surface area contributed by atoms with Gasteiger partial charge in [-0.05, 0) is 37.8 Å². The first-order chi connectivity index (χ1) is 16.1. The molecule has 1 aliphatic carbocycles. The molecule has 0 spiro atoms. The lowest BCUT2D eigenvalue weighted by Gasteiger charge is -2.25. The molecule has 33 heavy (non-hydrogen) atoms. The van der Waals surface area contributed by atoms with Crippen molar-refractivity contribution in [2.24, 2.45) is 0 Å². The van der Waals surface area contributed by atoms with Gasteiger partial charge in [-0.25, -0.2) is 4.98 Å². The Hall–Kier alpha value is -3.43. The normalized spacial score (nSPS) is 18.8. The number of nitrogens with two attached hydrogens (primary N) is 1. The first-order valence-electron chi connectivity index (χ1n) is 10.9. The zero-order valence-electron chi connectivity index (χ0n) is 18.1. The third kappa shape index (κ3) is 3.35. The van der Waals surface area contributed by atoms with Crippen LogP contribution >= 0.6 is 11.3 Å². The number of furan rings is 1. The van der Waals surface area contributed by atoms with Crippen molar-refractivity contribution < 1.29 is 14.3 Å². The summed E-state index contributed by atoms with van der Waals surface area (Å²) in [6, 6.07) is 4.24. The third-order valence-electron chi connectivity index (χ3n) is 6.45. The topological polar surface area (TPSA) is 112 Å². The quantitative estimate of drug-likeness (QED) is 0.386. The molecule has 0 atom stereocenters. The number of nitrogens with zero attached hydrogens (tertiary/aromatic N) is 4. The van der Waals surface area contributed by atoms with E-state index in [2.05, 4.69) is 15.3 Å². The number of aromatic nitrogens is 4. The number of nitrogen functional groups attached to an aromatic ring is 1. The van der Waals surface area contributed by atoms with Crippen molar-refractivity contribution >= 4 is 38.2 Å². The maximum absolute atomic E-state index is 9.86. The zero-order valence-corrected chi connectivity index (χ0v) is 18.9. The largest absolute Gasteiger partial charge is 0.479 e. The molecular formula is C24H23N5O3S. The highest BCUT2D eigenvalue weighted by atomic mass is 32.1. The fourth-order valence-electron chi connectivity index (χ4n) is 4.68. The Kier molecular flexibility index (Phi) is 4.81. The summed E-state index contributed by atoms with van der Waals surface area (Å²) in [5.74, 6) is 1.61. The average molecular weight is 462 g/mol. The molecule has 1 aliphatic rings.